The number of thioether (sulfide) groups is 1. The van der Waals surface area contributed by atoms with Gasteiger partial charge in [-0.2, -0.15) is 11.8 Å². The van der Waals surface area contributed by atoms with Crippen LogP contribution in [0, 0.1) is 5.92 Å². The fraction of sp³-hybridized carbons (Fsp3) is 0.571. The molecule has 0 aliphatic carbocycles. The first-order chi connectivity index (χ1) is 8.79. The number of rotatable bonds is 5. The number of hydrogen-bond donors (Lipinski definition) is 2. The van der Waals surface area contributed by atoms with E-state index < -0.39 is 0 Å². The highest BCUT2D eigenvalue weighted by Crippen LogP contribution is 2.26. The van der Waals surface area contributed by atoms with E-state index in [-0.39, 0.29) is 5.75 Å². The lowest BCUT2D eigenvalue weighted by Gasteiger charge is -2.21. The molecule has 100 valence electrons. The maximum atomic E-state index is 9.52. The normalized spacial score (nSPS) is 16.7. The zero-order valence-corrected chi connectivity index (χ0v) is 11.6. The van der Waals surface area contributed by atoms with Crippen molar-refractivity contribution in [3.8, 4) is 11.5 Å². The fourth-order valence-electron chi connectivity index (χ4n) is 2.20. The Labute approximate surface area is 113 Å². The van der Waals surface area contributed by atoms with Crippen molar-refractivity contribution in [1.29, 1.82) is 0 Å². The van der Waals surface area contributed by atoms with E-state index in [0.717, 1.165) is 24.6 Å². The Kier molecular flexibility index (Phi) is 5.20. The standard InChI is InChI=1S/C14H21NO2S/c1-17-14-8-12(2-3-13(14)16)10-15-9-11-4-6-18-7-5-11/h2-3,8,11,15-16H,4-7,9-10H2,1H3. The highest BCUT2D eigenvalue weighted by molar-refractivity contribution is 7.99. The number of hydrogen-bond acceptors (Lipinski definition) is 4. The molecule has 0 atom stereocenters. The van der Waals surface area contributed by atoms with Crippen molar-refractivity contribution in [2.24, 2.45) is 5.92 Å². The van der Waals surface area contributed by atoms with Crippen molar-refractivity contribution in [2.75, 3.05) is 25.2 Å². The summed E-state index contributed by atoms with van der Waals surface area (Å²) in [6.45, 7) is 1.92. The molecular weight excluding hydrogens is 246 g/mol. The van der Waals surface area contributed by atoms with Gasteiger partial charge in [0.1, 0.15) is 0 Å². The first kappa shape index (κ1) is 13.6. The van der Waals surface area contributed by atoms with Gasteiger partial charge < -0.3 is 15.2 Å². The van der Waals surface area contributed by atoms with Crippen LogP contribution in [0.3, 0.4) is 0 Å². The highest BCUT2D eigenvalue weighted by Gasteiger charge is 2.12. The molecule has 0 saturated carbocycles. The number of methoxy groups -OCH3 is 1. The topological polar surface area (TPSA) is 41.5 Å². The van der Waals surface area contributed by atoms with Gasteiger partial charge in [-0.25, -0.2) is 0 Å². The minimum atomic E-state index is 0.200. The van der Waals surface area contributed by atoms with Crippen LogP contribution < -0.4 is 10.1 Å². The number of nitrogens with one attached hydrogen (secondary N) is 1. The maximum Gasteiger partial charge on any atom is 0.160 e. The molecule has 1 saturated heterocycles. The molecule has 2 rings (SSSR count). The second-order valence-electron chi connectivity index (χ2n) is 4.69. The minimum absolute atomic E-state index is 0.200. The number of aromatic hydroxyl groups is 1. The van der Waals surface area contributed by atoms with Crippen LogP contribution in [-0.2, 0) is 6.54 Å². The Bertz CT molecular complexity index is 378. The van der Waals surface area contributed by atoms with Crippen molar-refractivity contribution >= 4 is 11.8 Å². The quantitative estimate of drug-likeness (QED) is 0.860. The van der Waals surface area contributed by atoms with E-state index in [1.165, 1.54) is 24.3 Å². The lowest BCUT2D eigenvalue weighted by molar-refractivity contribution is 0.372. The second kappa shape index (κ2) is 6.90. The highest BCUT2D eigenvalue weighted by atomic mass is 32.2. The molecule has 2 N–H and O–H groups in total. The first-order valence-electron chi connectivity index (χ1n) is 6.44. The van der Waals surface area contributed by atoms with Gasteiger partial charge in [-0.05, 0) is 54.5 Å². The van der Waals surface area contributed by atoms with Crippen molar-refractivity contribution in [1.82, 2.24) is 5.32 Å². The van der Waals surface area contributed by atoms with Gasteiger partial charge in [0.25, 0.3) is 0 Å². The third-order valence-corrected chi connectivity index (χ3v) is 4.40. The van der Waals surface area contributed by atoms with Gasteiger partial charge in [0, 0.05) is 6.54 Å². The zero-order chi connectivity index (χ0) is 12.8. The molecule has 0 bridgehead atoms. The van der Waals surface area contributed by atoms with Crippen LogP contribution >= 0.6 is 11.8 Å². The maximum absolute atomic E-state index is 9.52. The van der Waals surface area contributed by atoms with E-state index in [2.05, 4.69) is 17.1 Å². The van der Waals surface area contributed by atoms with Crippen LogP contribution in [0.5, 0.6) is 11.5 Å². The van der Waals surface area contributed by atoms with E-state index in [1.54, 1.807) is 13.2 Å². The van der Waals surface area contributed by atoms with E-state index in [0.29, 0.717) is 5.75 Å². The Morgan fingerprint density at radius 1 is 1.39 bits per heavy atom. The molecule has 0 unspecified atom stereocenters. The molecule has 1 aliphatic rings. The second-order valence-corrected chi connectivity index (χ2v) is 5.92. The lowest BCUT2D eigenvalue weighted by Crippen LogP contribution is -2.25. The number of benzene rings is 1. The smallest absolute Gasteiger partial charge is 0.160 e. The van der Waals surface area contributed by atoms with Gasteiger partial charge in [-0.1, -0.05) is 6.07 Å². The van der Waals surface area contributed by atoms with Gasteiger partial charge in [-0.15, -0.1) is 0 Å². The van der Waals surface area contributed by atoms with E-state index in [1.807, 2.05) is 12.1 Å². The predicted molar refractivity (Wildman–Crippen MR) is 76.4 cm³/mol. The molecule has 1 fully saturated rings. The predicted octanol–water partition coefficient (Wildman–Crippen LogP) is 2.63. The summed E-state index contributed by atoms with van der Waals surface area (Å²) in [5.41, 5.74) is 1.15. The van der Waals surface area contributed by atoms with Crippen LogP contribution in [-0.4, -0.2) is 30.3 Å². The summed E-state index contributed by atoms with van der Waals surface area (Å²) >= 11 is 2.06. The molecular formula is C14H21NO2S. The molecule has 0 spiro atoms. The number of ether oxygens (including phenoxy) is 1. The van der Waals surface area contributed by atoms with Crippen molar-refractivity contribution in [2.45, 2.75) is 19.4 Å². The summed E-state index contributed by atoms with van der Waals surface area (Å²) in [7, 11) is 1.58. The van der Waals surface area contributed by atoms with Crippen LogP contribution in [0.15, 0.2) is 18.2 Å². The molecule has 1 aromatic carbocycles. The zero-order valence-electron chi connectivity index (χ0n) is 10.8. The molecule has 4 heteroatoms. The SMILES string of the molecule is COc1cc(CNCC2CCSCC2)ccc1O. The Morgan fingerprint density at radius 2 is 2.17 bits per heavy atom. The Balaban J connectivity index is 1.79. The van der Waals surface area contributed by atoms with Crippen LogP contribution in [0.1, 0.15) is 18.4 Å². The molecule has 1 aliphatic heterocycles. The molecule has 1 heterocycles. The fourth-order valence-corrected chi connectivity index (χ4v) is 3.41. The Morgan fingerprint density at radius 3 is 2.89 bits per heavy atom. The molecule has 1 aromatic rings. The molecule has 0 radical (unpaired) electrons. The van der Waals surface area contributed by atoms with Gasteiger partial charge >= 0.3 is 0 Å². The third kappa shape index (κ3) is 3.82. The molecule has 0 amide bonds. The molecule has 0 aromatic heterocycles. The van der Waals surface area contributed by atoms with Crippen molar-refractivity contribution < 1.29 is 9.84 Å². The summed E-state index contributed by atoms with van der Waals surface area (Å²) in [5, 5.41) is 13.0. The van der Waals surface area contributed by atoms with E-state index in [9.17, 15) is 5.11 Å². The molecule has 3 nitrogen and oxygen atoms in total. The van der Waals surface area contributed by atoms with Crippen LogP contribution in [0.4, 0.5) is 0 Å². The van der Waals surface area contributed by atoms with Gasteiger partial charge in [0.2, 0.25) is 0 Å². The summed E-state index contributed by atoms with van der Waals surface area (Å²) in [4.78, 5) is 0. The van der Waals surface area contributed by atoms with Gasteiger partial charge in [0.15, 0.2) is 11.5 Å². The first-order valence-corrected chi connectivity index (χ1v) is 7.59. The average Bonchev–Trinajstić information content (AvgIpc) is 2.42. The average molecular weight is 267 g/mol. The number of phenols is 1. The summed E-state index contributed by atoms with van der Waals surface area (Å²) in [6, 6.07) is 5.51. The van der Waals surface area contributed by atoms with Crippen molar-refractivity contribution in [3.63, 3.8) is 0 Å². The van der Waals surface area contributed by atoms with Crippen LogP contribution in [0.25, 0.3) is 0 Å². The third-order valence-electron chi connectivity index (χ3n) is 3.35. The summed E-state index contributed by atoms with van der Waals surface area (Å²) in [5.74, 6) is 4.18. The minimum Gasteiger partial charge on any atom is -0.504 e. The summed E-state index contributed by atoms with van der Waals surface area (Å²) in [6.07, 6.45) is 2.66. The number of phenolic OH excluding ortho intramolecular Hbond substituents is 1. The lowest BCUT2D eigenvalue weighted by atomic mass is 10.0. The van der Waals surface area contributed by atoms with Gasteiger partial charge in [-0.3, -0.25) is 0 Å². The van der Waals surface area contributed by atoms with Crippen LogP contribution in [0.2, 0.25) is 0 Å². The monoisotopic (exact) mass is 267 g/mol. The van der Waals surface area contributed by atoms with E-state index >= 15 is 0 Å². The largest absolute Gasteiger partial charge is 0.504 e. The van der Waals surface area contributed by atoms with Crippen molar-refractivity contribution in [3.05, 3.63) is 23.8 Å². The van der Waals surface area contributed by atoms with E-state index in [4.69, 9.17) is 4.74 Å². The van der Waals surface area contributed by atoms with Gasteiger partial charge in [0.05, 0.1) is 7.11 Å². The summed E-state index contributed by atoms with van der Waals surface area (Å²) < 4.78 is 5.10. The molecule has 18 heavy (non-hydrogen) atoms. The Hall–Kier alpha value is -0.870.